The molecule has 1 amide bonds. The molecule has 0 spiro atoms. The van der Waals surface area contributed by atoms with Crippen molar-refractivity contribution >= 4 is 5.91 Å². The van der Waals surface area contributed by atoms with E-state index in [9.17, 15) is 4.79 Å². The number of piperidine rings is 1. The minimum absolute atomic E-state index is 0.216. The van der Waals surface area contributed by atoms with E-state index in [1.54, 1.807) is 0 Å². The zero-order valence-electron chi connectivity index (χ0n) is 15.1. The van der Waals surface area contributed by atoms with Crippen molar-refractivity contribution < 1.29 is 9.53 Å². The Morgan fingerprint density at radius 2 is 1.88 bits per heavy atom. The zero-order valence-corrected chi connectivity index (χ0v) is 15.1. The van der Waals surface area contributed by atoms with E-state index in [2.05, 4.69) is 21.9 Å². The fraction of sp³-hybridized carbons (Fsp3) is 0.667. The molecule has 0 aromatic heterocycles. The molecule has 4 fully saturated rings. The van der Waals surface area contributed by atoms with E-state index >= 15 is 0 Å². The minimum Gasteiger partial charge on any atom is -0.375 e. The molecule has 1 aliphatic carbocycles. The Balaban J connectivity index is 1.27. The van der Waals surface area contributed by atoms with E-state index in [1.165, 1.54) is 31.2 Å². The molecular formula is C21H30N2O2. The van der Waals surface area contributed by atoms with Crippen LogP contribution in [0.5, 0.6) is 0 Å². The van der Waals surface area contributed by atoms with Gasteiger partial charge in [0.15, 0.2) is 0 Å². The molecule has 1 aromatic rings. The van der Waals surface area contributed by atoms with Crippen molar-refractivity contribution in [3.05, 3.63) is 35.9 Å². The maximum atomic E-state index is 12.8. The van der Waals surface area contributed by atoms with Crippen LogP contribution in [0.25, 0.3) is 0 Å². The lowest BCUT2D eigenvalue weighted by Gasteiger charge is -2.40. The fourth-order valence-corrected chi connectivity index (χ4v) is 4.46. The molecule has 25 heavy (non-hydrogen) atoms. The molecule has 3 aliphatic heterocycles. The summed E-state index contributed by atoms with van der Waals surface area (Å²) in [5.41, 5.74) is 1.22. The second-order valence-corrected chi connectivity index (χ2v) is 8.01. The maximum Gasteiger partial charge on any atom is 0.227 e. The fourth-order valence-electron chi connectivity index (χ4n) is 4.46. The lowest BCUT2D eigenvalue weighted by molar-refractivity contribution is -0.141. The number of carbonyl (C=O) groups excluding carboxylic acids is 1. The summed E-state index contributed by atoms with van der Waals surface area (Å²) in [6, 6.07) is 10.8. The normalized spacial score (nSPS) is 27.4. The number of benzene rings is 1. The van der Waals surface area contributed by atoms with Crippen LogP contribution in [-0.4, -0.2) is 54.5 Å². The third-order valence-electron chi connectivity index (χ3n) is 6.21. The van der Waals surface area contributed by atoms with Crippen molar-refractivity contribution in [2.75, 3.05) is 32.8 Å². The number of ether oxygens (including phenoxy) is 1. The summed E-state index contributed by atoms with van der Waals surface area (Å²) in [5.74, 6) is 1.41. The van der Waals surface area contributed by atoms with E-state index in [0.717, 1.165) is 45.1 Å². The molecule has 136 valence electrons. The third-order valence-corrected chi connectivity index (χ3v) is 6.21. The average molecular weight is 342 g/mol. The standard InChI is InChI=1S/C21H30N2O2/c24-21-19-9-10-20(23(21)13-17-7-4-8-17)15-22(14-19)11-12-25-16-18-5-2-1-3-6-18/h1-3,5-6,17,19-20H,4,7-16H2/t19-,20+/m1/s1. The monoisotopic (exact) mass is 342 g/mol. The summed E-state index contributed by atoms with van der Waals surface area (Å²) >= 11 is 0. The molecule has 1 saturated carbocycles. The van der Waals surface area contributed by atoms with Crippen LogP contribution in [0.2, 0.25) is 0 Å². The number of fused-ring (bicyclic) bond motifs is 4. The first-order valence-electron chi connectivity index (χ1n) is 9.94. The smallest absolute Gasteiger partial charge is 0.227 e. The minimum atomic E-state index is 0.216. The van der Waals surface area contributed by atoms with Crippen molar-refractivity contribution in [2.24, 2.45) is 11.8 Å². The summed E-state index contributed by atoms with van der Waals surface area (Å²) < 4.78 is 5.86. The van der Waals surface area contributed by atoms with Gasteiger partial charge in [0.1, 0.15) is 0 Å². The Morgan fingerprint density at radius 3 is 2.64 bits per heavy atom. The third kappa shape index (κ3) is 4.06. The number of hydrogen-bond donors (Lipinski definition) is 0. The molecule has 4 aliphatic rings. The first-order chi connectivity index (χ1) is 12.3. The second-order valence-electron chi connectivity index (χ2n) is 8.01. The molecule has 2 atom stereocenters. The Kier molecular flexibility index (Phi) is 5.37. The second kappa shape index (κ2) is 7.88. The van der Waals surface area contributed by atoms with E-state index < -0.39 is 0 Å². The van der Waals surface area contributed by atoms with Crippen LogP contribution in [0.3, 0.4) is 0 Å². The van der Waals surface area contributed by atoms with Gasteiger partial charge in [-0.1, -0.05) is 36.8 Å². The quantitative estimate of drug-likeness (QED) is 0.714. The largest absolute Gasteiger partial charge is 0.375 e. The number of amides is 1. The highest BCUT2D eigenvalue weighted by molar-refractivity contribution is 5.80. The van der Waals surface area contributed by atoms with Crippen LogP contribution < -0.4 is 0 Å². The van der Waals surface area contributed by atoms with Gasteiger partial charge in [-0.25, -0.2) is 0 Å². The zero-order chi connectivity index (χ0) is 17.1. The summed E-state index contributed by atoms with van der Waals surface area (Å²) in [6.07, 6.45) is 6.25. The van der Waals surface area contributed by atoms with Gasteiger partial charge in [0.2, 0.25) is 5.91 Å². The summed E-state index contributed by atoms with van der Waals surface area (Å²) in [7, 11) is 0. The number of rotatable bonds is 7. The highest BCUT2D eigenvalue weighted by Crippen LogP contribution is 2.33. The van der Waals surface area contributed by atoms with Crippen LogP contribution in [-0.2, 0) is 16.1 Å². The van der Waals surface area contributed by atoms with Crippen LogP contribution in [0.4, 0.5) is 0 Å². The summed E-state index contributed by atoms with van der Waals surface area (Å²) in [5, 5.41) is 0. The lowest BCUT2D eigenvalue weighted by atomic mass is 9.83. The molecule has 4 nitrogen and oxygen atoms in total. The van der Waals surface area contributed by atoms with Gasteiger partial charge < -0.3 is 9.64 Å². The summed E-state index contributed by atoms with van der Waals surface area (Å²) in [6.45, 7) is 5.32. The van der Waals surface area contributed by atoms with Gasteiger partial charge in [-0.15, -0.1) is 0 Å². The van der Waals surface area contributed by atoms with Gasteiger partial charge in [-0.2, -0.15) is 0 Å². The molecular weight excluding hydrogens is 312 g/mol. The predicted octanol–water partition coefficient (Wildman–Crippen LogP) is 2.93. The highest BCUT2D eigenvalue weighted by Gasteiger charge is 2.41. The van der Waals surface area contributed by atoms with Crippen LogP contribution in [0.1, 0.15) is 37.7 Å². The van der Waals surface area contributed by atoms with Crippen molar-refractivity contribution in [2.45, 2.75) is 44.8 Å². The van der Waals surface area contributed by atoms with Crippen LogP contribution in [0.15, 0.2) is 30.3 Å². The Bertz CT molecular complexity index is 573. The first kappa shape index (κ1) is 17.0. The average Bonchev–Trinajstić information content (AvgIpc) is 2.87. The van der Waals surface area contributed by atoms with Crippen LogP contribution >= 0.6 is 0 Å². The molecule has 0 radical (unpaired) electrons. The molecule has 2 bridgehead atoms. The summed E-state index contributed by atoms with van der Waals surface area (Å²) in [4.78, 5) is 17.5. The number of carbonyl (C=O) groups is 1. The van der Waals surface area contributed by atoms with Gasteiger partial charge in [-0.3, -0.25) is 9.69 Å². The van der Waals surface area contributed by atoms with E-state index in [-0.39, 0.29) is 5.92 Å². The van der Waals surface area contributed by atoms with Crippen molar-refractivity contribution in [3.8, 4) is 0 Å². The Hall–Kier alpha value is -1.39. The van der Waals surface area contributed by atoms with Crippen molar-refractivity contribution in [1.29, 1.82) is 0 Å². The van der Waals surface area contributed by atoms with Gasteiger partial charge in [-0.05, 0) is 37.2 Å². The Morgan fingerprint density at radius 1 is 1.04 bits per heavy atom. The van der Waals surface area contributed by atoms with Gasteiger partial charge in [0, 0.05) is 32.2 Å². The lowest BCUT2D eigenvalue weighted by Crippen LogP contribution is -2.50. The van der Waals surface area contributed by atoms with Crippen LogP contribution in [0, 0.1) is 11.8 Å². The SMILES string of the molecule is O=C1[C@@H]2CC[C@@H](CN(CCOCc3ccccc3)C2)N1CC1CCC1. The van der Waals surface area contributed by atoms with E-state index in [0.29, 0.717) is 18.6 Å². The molecule has 0 N–H and O–H groups in total. The molecule has 3 heterocycles. The molecule has 1 aromatic carbocycles. The molecule has 5 rings (SSSR count). The maximum absolute atomic E-state index is 12.8. The molecule has 3 saturated heterocycles. The van der Waals surface area contributed by atoms with Gasteiger partial charge >= 0.3 is 0 Å². The number of nitrogens with zero attached hydrogens (tertiary/aromatic N) is 2. The predicted molar refractivity (Wildman–Crippen MR) is 98.1 cm³/mol. The van der Waals surface area contributed by atoms with Gasteiger partial charge in [0.05, 0.1) is 19.1 Å². The van der Waals surface area contributed by atoms with E-state index in [1.807, 2.05) is 18.2 Å². The topological polar surface area (TPSA) is 32.8 Å². The Labute approximate surface area is 151 Å². The molecule has 0 unspecified atom stereocenters. The number of hydrogen-bond acceptors (Lipinski definition) is 3. The van der Waals surface area contributed by atoms with Gasteiger partial charge in [0.25, 0.3) is 0 Å². The van der Waals surface area contributed by atoms with Crippen molar-refractivity contribution in [1.82, 2.24) is 9.80 Å². The highest BCUT2D eigenvalue weighted by atomic mass is 16.5. The molecule has 4 heteroatoms. The van der Waals surface area contributed by atoms with Crippen molar-refractivity contribution in [3.63, 3.8) is 0 Å². The van der Waals surface area contributed by atoms with E-state index in [4.69, 9.17) is 4.74 Å². The first-order valence-corrected chi connectivity index (χ1v) is 9.94.